The van der Waals surface area contributed by atoms with Crippen molar-refractivity contribution in [3.63, 3.8) is 0 Å². The third-order valence-electron chi connectivity index (χ3n) is 3.53. The number of hydrogen-bond donors (Lipinski definition) is 2. The molecule has 1 aromatic carbocycles. The average Bonchev–Trinajstić information content (AvgIpc) is 2.80. The maximum Gasteiger partial charge on any atom is 0.191 e. The molecule has 5 nitrogen and oxygen atoms in total. The molecule has 23 heavy (non-hydrogen) atoms. The minimum Gasteiger partial charge on any atom is -0.357 e. The molecule has 1 aromatic rings. The smallest absolute Gasteiger partial charge is 0.191 e. The molecule has 1 heterocycles. The van der Waals surface area contributed by atoms with Crippen molar-refractivity contribution < 1.29 is 12.8 Å². The van der Waals surface area contributed by atoms with Crippen LogP contribution in [0.25, 0.3) is 0 Å². The molecule has 1 saturated heterocycles. The zero-order valence-electron chi connectivity index (χ0n) is 13.1. The zero-order valence-corrected chi connectivity index (χ0v) is 16.2. The topological polar surface area (TPSA) is 70.6 Å². The van der Waals surface area contributed by atoms with Crippen LogP contribution in [0.3, 0.4) is 0 Å². The van der Waals surface area contributed by atoms with Crippen LogP contribution in [0.1, 0.15) is 18.9 Å². The first-order chi connectivity index (χ1) is 10.5. The molecular weight excluding hydrogens is 432 g/mol. The van der Waals surface area contributed by atoms with Crippen LogP contribution in [0.4, 0.5) is 4.39 Å². The minimum absolute atomic E-state index is 0. The Balaban J connectivity index is 0.00000264. The molecule has 2 rings (SSSR count). The van der Waals surface area contributed by atoms with E-state index in [2.05, 4.69) is 15.6 Å². The standard InChI is InChI=1S/C15H22FN3O2S.HI/c1-2-17-15(19-13-8-10-22(20,21)11-13)18-9-7-12-5-3-4-6-14(12)16;/h3-6,13H,2,7-11H2,1H3,(H2,17,18,19);1H. The molecule has 0 spiro atoms. The van der Waals surface area contributed by atoms with Crippen molar-refractivity contribution in [3.8, 4) is 0 Å². The van der Waals surface area contributed by atoms with E-state index >= 15 is 0 Å². The molecule has 0 radical (unpaired) electrons. The Hall–Kier alpha value is -0.900. The van der Waals surface area contributed by atoms with Gasteiger partial charge in [0.05, 0.1) is 11.5 Å². The average molecular weight is 455 g/mol. The van der Waals surface area contributed by atoms with Crippen molar-refractivity contribution in [2.45, 2.75) is 25.8 Å². The fraction of sp³-hybridized carbons (Fsp3) is 0.533. The van der Waals surface area contributed by atoms with E-state index in [4.69, 9.17) is 0 Å². The molecule has 1 atom stereocenters. The molecule has 1 fully saturated rings. The largest absolute Gasteiger partial charge is 0.357 e. The Kier molecular flexibility index (Phi) is 8.24. The zero-order chi connectivity index (χ0) is 16.0. The van der Waals surface area contributed by atoms with Crippen LogP contribution in [0.2, 0.25) is 0 Å². The van der Waals surface area contributed by atoms with Crippen molar-refractivity contribution in [2.75, 3.05) is 24.6 Å². The number of aliphatic imine (C=N–C) groups is 1. The van der Waals surface area contributed by atoms with E-state index < -0.39 is 9.84 Å². The van der Waals surface area contributed by atoms with Crippen molar-refractivity contribution in [1.82, 2.24) is 10.6 Å². The van der Waals surface area contributed by atoms with Gasteiger partial charge < -0.3 is 10.6 Å². The lowest BCUT2D eigenvalue weighted by Crippen LogP contribution is -2.44. The summed E-state index contributed by atoms with van der Waals surface area (Å²) < 4.78 is 36.5. The summed E-state index contributed by atoms with van der Waals surface area (Å²) in [5, 5.41) is 6.23. The van der Waals surface area contributed by atoms with Gasteiger partial charge in [-0.2, -0.15) is 0 Å². The molecule has 1 unspecified atom stereocenters. The first-order valence-electron chi connectivity index (χ1n) is 7.49. The van der Waals surface area contributed by atoms with Gasteiger partial charge in [0.25, 0.3) is 0 Å². The lowest BCUT2D eigenvalue weighted by atomic mass is 10.1. The fourth-order valence-corrected chi connectivity index (χ4v) is 4.08. The summed E-state index contributed by atoms with van der Waals surface area (Å²) >= 11 is 0. The van der Waals surface area contributed by atoms with Gasteiger partial charge in [0.15, 0.2) is 15.8 Å². The van der Waals surface area contributed by atoms with Crippen LogP contribution in [0.5, 0.6) is 0 Å². The van der Waals surface area contributed by atoms with Gasteiger partial charge in [0, 0.05) is 19.1 Å². The van der Waals surface area contributed by atoms with E-state index in [1.54, 1.807) is 18.2 Å². The second-order valence-electron chi connectivity index (χ2n) is 5.35. The van der Waals surface area contributed by atoms with E-state index in [9.17, 15) is 12.8 Å². The van der Waals surface area contributed by atoms with Crippen LogP contribution < -0.4 is 10.6 Å². The predicted octanol–water partition coefficient (Wildman–Crippen LogP) is 1.73. The van der Waals surface area contributed by atoms with Crippen LogP contribution in [0, 0.1) is 5.82 Å². The van der Waals surface area contributed by atoms with Crippen molar-refractivity contribution >= 4 is 39.8 Å². The second-order valence-corrected chi connectivity index (χ2v) is 7.58. The first-order valence-corrected chi connectivity index (χ1v) is 9.31. The van der Waals surface area contributed by atoms with Gasteiger partial charge in [-0.15, -0.1) is 24.0 Å². The number of rotatable bonds is 5. The highest BCUT2D eigenvalue weighted by molar-refractivity contribution is 14.0. The Labute approximate surface area is 154 Å². The van der Waals surface area contributed by atoms with E-state index in [1.165, 1.54) is 6.07 Å². The molecule has 1 aliphatic rings. The SMILES string of the molecule is CCNC(=NCCc1ccccc1F)NC1CCS(=O)(=O)C1.I. The Bertz CT molecular complexity index is 637. The van der Waals surface area contributed by atoms with Gasteiger partial charge in [0.1, 0.15) is 5.82 Å². The minimum atomic E-state index is -2.92. The lowest BCUT2D eigenvalue weighted by molar-refractivity contribution is 0.599. The highest BCUT2D eigenvalue weighted by Crippen LogP contribution is 2.11. The molecule has 1 aliphatic heterocycles. The molecule has 0 amide bonds. The number of halogens is 2. The quantitative estimate of drug-likeness (QED) is 0.403. The number of nitrogens with one attached hydrogen (secondary N) is 2. The Morgan fingerprint density at radius 3 is 2.74 bits per heavy atom. The fourth-order valence-electron chi connectivity index (χ4n) is 2.41. The summed E-state index contributed by atoms with van der Waals surface area (Å²) in [4.78, 5) is 4.39. The summed E-state index contributed by atoms with van der Waals surface area (Å²) in [5.41, 5.74) is 0.630. The third-order valence-corrected chi connectivity index (χ3v) is 5.29. The highest BCUT2D eigenvalue weighted by atomic mass is 127. The number of sulfone groups is 1. The summed E-state index contributed by atoms with van der Waals surface area (Å²) in [6, 6.07) is 6.54. The number of benzene rings is 1. The van der Waals surface area contributed by atoms with Crippen LogP contribution in [0.15, 0.2) is 29.3 Å². The number of hydrogen-bond acceptors (Lipinski definition) is 3. The molecule has 0 saturated carbocycles. The maximum atomic E-state index is 13.5. The molecular formula is C15H23FIN3O2S. The Morgan fingerprint density at radius 2 is 2.13 bits per heavy atom. The summed E-state index contributed by atoms with van der Waals surface area (Å²) in [7, 11) is -2.92. The van der Waals surface area contributed by atoms with Gasteiger partial charge in [-0.1, -0.05) is 18.2 Å². The molecule has 0 bridgehead atoms. The third kappa shape index (κ3) is 6.62. The Morgan fingerprint density at radius 1 is 1.39 bits per heavy atom. The second kappa shape index (κ2) is 9.41. The van der Waals surface area contributed by atoms with Gasteiger partial charge in [-0.05, 0) is 31.4 Å². The molecule has 130 valence electrons. The van der Waals surface area contributed by atoms with Gasteiger partial charge in [-0.25, -0.2) is 12.8 Å². The van der Waals surface area contributed by atoms with E-state index in [-0.39, 0.29) is 47.3 Å². The molecule has 0 aliphatic carbocycles. The van der Waals surface area contributed by atoms with Gasteiger partial charge in [0.2, 0.25) is 0 Å². The van der Waals surface area contributed by atoms with Crippen LogP contribution in [-0.2, 0) is 16.3 Å². The van der Waals surface area contributed by atoms with Crippen molar-refractivity contribution in [1.29, 1.82) is 0 Å². The summed E-state index contributed by atoms with van der Waals surface area (Å²) in [6.07, 6.45) is 1.10. The summed E-state index contributed by atoms with van der Waals surface area (Å²) in [6.45, 7) is 3.07. The normalized spacial score (nSPS) is 19.9. The van der Waals surface area contributed by atoms with E-state index in [1.807, 2.05) is 6.92 Å². The van der Waals surface area contributed by atoms with Crippen LogP contribution in [-0.4, -0.2) is 45.0 Å². The van der Waals surface area contributed by atoms with Gasteiger partial charge in [-0.3, -0.25) is 4.99 Å². The first kappa shape index (κ1) is 20.1. The van der Waals surface area contributed by atoms with Crippen LogP contribution >= 0.6 is 24.0 Å². The number of nitrogens with zero attached hydrogens (tertiary/aromatic N) is 1. The summed E-state index contributed by atoms with van der Waals surface area (Å²) in [5.74, 6) is 0.725. The van der Waals surface area contributed by atoms with E-state index in [0.29, 0.717) is 37.5 Å². The van der Waals surface area contributed by atoms with Gasteiger partial charge >= 0.3 is 0 Å². The van der Waals surface area contributed by atoms with Crippen molar-refractivity contribution in [2.24, 2.45) is 4.99 Å². The molecule has 2 N–H and O–H groups in total. The lowest BCUT2D eigenvalue weighted by Gasteiger charge is -2.15. The predicted molar refractivity (Wildman–Crippen MR) is 102 cm³/mol. The highest BCUT2D eigenvalue weighted by Gasteiger charge is 2.28. The van der Waals surface area contributed by atoms with Crippen molar-refractivity contribution in [3.05, 3.63) is 35.6 Å². The molecule has 8 heteroatoms. The monoisotopic (exact) mass is 455 g/mol. The molecule has 0 aromatic heterocycles. The number of guanidine groups is 1. The maximum absolute atomic E-state index is 13.5. The van der Waals surface area contributed by atoms with E-state index in [0.717, 1.165) is 0 Å².